The molecule has 1 aromatic rings. The SMILES string of the molecule is COc1cc(C(N)C(=O)O)cc(SC)c1OC. The molecule has 0 amide bonds. The highest BCUT2D eigenvalue weighted by Gasteiger charge is 2.19. The van der Waals surface area contributed by atoms with Gasteiger partial charge in [0.1, 0.15) is 6.04 Å². The summed E-state index contributed by atoms with van der Waals surface area (Å²) in [5, 5.41) is 8.89. The van der Waals surface area contributed by atoms with E-state index in [2.05, 4.69) is 0 Å². The Morgan fingerprint density at radius 1 is 1.41 bits per heavy atom. The summed E-state index contributed by atoms with van der Waals surface area (Å²) < 4.78 is 10.4. The minimum atomic E-state index is -1.08. The van der Waals surface area contributed by atoms with E-state index < -0.39 is 12.0 Å². The number of ether oxygens (including phenoxy) is 2. The molecule has 0 spiro atoms. The van der Waals surface area contributed by atoms with Gasteiger partial charge in [-0.25, -0.2) is 0 Å². The van der Waals surface area contributed by atoms with Crippen LogP contribution in [0.25, 0.3) is 0 Å². The van der Waals surface area contributed by atoms with Crippen LogP contribution >= 0.6 is 11.8 Å². The molecule has 0 radical (unpaired) electrons. The molecule has 5 nitrogen and oxygen atoms in total. The van der Waals surface area contributed by atoms with Crippen LogP contribution < -0.4 is 15.2 Å². The molecule has 1 atom stereocenters. The van der Waals surface area contributed by atoms with Gasteiger partial charge in [0, 0.05) is 0 Å². The summed E-state index contributed by atoms with van der Waals surface area (Å²) in [5.41, 5.74) is 6.06. The van der Waals surface area contributed by atoms with Crippen LogP contribution in [0, 0.1) is 0 Å². The first-order valence-electron chi connectivity index (χ1n) is 4.83. The summed E-state index contributed by atoms with van der Waals surface area (Å²) >= 11 is 1.44. The second-order valence-corrected chi connectivity index (χ2v) is 4.12. The second-order valence-electron chi connectivity index (χ2n) is 3.27. The minimum Gasteiger partial charge on any atom is -0.493 e. The molecule has 0 aliphatic heterocycles. The van der Waals surface area contributed by atoms with E-state index in [1.165, 1.54) is 26.0 Å². The van der Waals surface area contributed by atoms with Crippen molar-refractivity contribution in [2.24, 2.45) is 5.73 Å². The monoisotopic (exact) mass is 257 g/mol. The fraction of sp³-hybridized carbons (Fsp3) is 0.364. The Morgan fingerprint density at radius 2 is 2.06 bits per heavy atom. The van der Waals surface area contributed by atoms with Crippen LogP contribution in [0.4, 0.5) is 0 Å². The fourth-order valence-electron chi connectivity index (χ4n) is 1.42. The van der Waals surface area contributed by atoms with E-state index in [1.54, 1.807) is 12.1 Å². The maximum atomic E-state index is 10.8. The van der Waals surface area contributed by atoms with E-state index in [0.717, 1.165) is 4.90 Å². The van der Waals surface area contributed by atoms with Gasteiger partial charge in [0.2, 0.25) is 0 Å². The number of methoxy groups -OCH3 is 2. The van der Waals surface area contributed by atoms with Crippen LogP contribution in [0.1, 0.15) is 11.6 Å². The fourth-order valence-corrected chi connectivity index (χ4v) is 2.05. The largest absolute Gasteiger partial charge is 0.493 e. The molecule has 94 valence electrons. The quantitative estimate of drug-likeness (QED) is 0.778. The van der Waals surface area contributed by atoms with Gasteiger partial charge in [-0.1, -0.05) is 0 Å². The van der Waals surface area contributed by atoms with E-state index in [1.807, 2.05) is 6.26 Å². The number of benzene rings is 1. The molecule has 0 saturated heterocycles. The van der Waals surface area contributed by atoms with Gasteiger partial charge >= 0.3 is 5.97 Å². The van der Waals surface area contributed by atoms with Crippen LogP contribution in [0.5, 0.6) is 11.5 Å². The number of carboxylic acid groups (broad SMARTS) is 1. The molecule has 1 unspecified atom stereocenters. The van der Waals surface area contributed by atoms with E-state index in [0.29, 0.717) is 17.1 Å². The standard InChI is InChI=1S/C11H15NO4S/c1-15-7-4-6(9(12)11(13)14)5-8(17-3)10(7)16-2/h4-5,9H,12H2,1-3H3,(H,13,14). The third kappa shape index (κ3) is 2.83. The minimum absolute atomic E-state index is 0.478. The van der Waals surface area contributed by atoms with Gasteiger partial charge in [-0.15, -0.1) is 11.8 Å². The second kappa shape index (κ2) is 5.79. The summed E-state index contributed by atoms with van der Waals surface area (Å²) in [7, 11) is 3.03. The van der Waals surface area contributed by atoms with Gasteiger partial charge in [0.25, 0.3) is 0 Å². The van der Waals surface area contributed by atoms with Gasteiger partial charge in [0.15, 0.2) is 11.5 Å². The average Bonchev–Trinajstić information content (AvgIpc) is 2.35. The predicted molar refractivity (Wildman–Crippen MR) is 65.9 cm³/mol. The lowest BCUT2D eigenvalue weighted by atomic mass is 10.1. The van der Waals surface area contributed by atoms with Gasteiger partial charge < -0.3 is 20.3 Å². The van der Waals surface area contributed by atoms with E-state index in [-0.39, 0.29) is 0 Å². The molecule has 0 aliphatic carbocycles. The number of hydrogen-bond acceptors (Lipinski definition) is 5. The van der Waals surface area contributed by atoms with Crippen molar-refractivity contribution in [2.45, 2.75) is 10.9 Å². The third-order valence-electron chi connectivity index (χ3n) is 2.31. The van der Waals surface area contributed by atoms with Crippen LogP contribution in [0.3, 0.4) is 0 Å². The van der Waals surface area contributed by atoms with Gasteiger partial charge in [-0.2, -0.15) is 0 Å². The van der Waals surface area contributed by atoms with E-state index in [4.69, 9.17) is 20.3 Å². The zero-order valence-electron chi connectivity index (χ0n) is 9.89. The van der Waals surface area contributed by atoms with Crippen molar-refractivity contribution < 1.29 is 19.4 Å². The molecule has 17 heavy (non-hydrogen) atoms. The molecule has 0 aromatic heterocycles. The third-order valence-corrected chi connectivity index (χ3v) is 3.06. The molecule has 1 aromatic carbocycles. The number of nitrogens with two attached hydrogens (primary N) is 1. The van der Waals surface area contributed by atoms with Crippen molar-refractivity contribution in [1.29, 1.82) is 0 Å². The Bertz CT molecular complexity index is 397. The Hall–Kier alpha value is -1.40. The van der Waals surface area contributed by atoms with Gasteiger partial charge in [0.05, 0.1) is 19.1 Å². The van der Waals surface area contributed by atoms with Crippen LogP contribution in [0.15, 0.2) is 17.0 Å². The number of carbonyl (C=O) groups is 1. The Balaban J connectivity index is 3.31. The Kier molecular flexibility index (Phi) is 4.65. The Morgan fingerprint density at radius 3 is 2.47 bits per heavy atom. The average molecular weight is 257 g/mol. The first-order chi connectivity index (χ1) is 8.04. The van der Waals surface area contributed by atoms with Crippen molar-refractivity contribution in [3.8, 4) is 11.5 Å². The molecule has 1 rings (SSSR count). The van der Waals surface area contributed by atoms with Crippen molar-refractivity contribution in [3.05, 3.63) is 17.7 Å². The smallest absolute Gasteiger partial charge is 0.325 e. The molecule has 0 aliphatic rings. The highest BCUT2D eigenvalue weighted by atomic mass is 32.2. The topological polar surface area (TPSA) is 81.8 Å². The lowest BCUT2D eigenvalue weighted by molar-refractivity contribution is -0.138. The zero-order chi connectivity index (χ0) is 13.0. The normalized spacial score (nSPS) is 12.0. The van der Waals surface area contributed by atoms with E-state index in [9.17, 15) is 4.79 Å². The lowest BCUT2D eigenvalue weighted by Crippen LogP contribution is -2.20. The number of hydrogen-bond donors (Lipinski definition) is 2. The lowest BCUT2D eigenvalue weighted by Gasteiger charge is -2.15. The first-order valence-corrected chi connectivity index (χ1v) is 6.05. The number of aliphatic carboxylic acids is 1. The van der Waals surface area contributed by atoms with Gasteiger partial charge in [-0.3, -0.25) is 4.79 Å². The molecule has 0 saturated carbocycles. The Labute approximate surface area is 104 Å². The first kappa shape index (κ1) is 13.7. The summed E-state index contributed by atoms with van der Waals surface area (Å²) in [4.78, 5) is 11.6. The van der Waals surface area contributed by atoms with Gasteiger partial charge in [-0.05, 0) is 24.0 Å². The predicted octanol–water partition coefficient (Wildman–Crippen LogP) is 1.51. The van der Waals surface area contributed by atoms with Crippen LogP contribution in [-0.4, -0.2) is 31.6 Å². The van der Waals surface area contributed by atoms with Crippen molar-refractivity contribution in [3.63, 3.8) is 0 Å². The molecule has 0 bridgehead atoms. The molecule has 6 heteroatoms. The summed E-state index contributed by atoms with van der Waals surface area (Å²) in [6, 6.07) is 2.21. The van der Waals surface area contributed by atoms with E-state index >= 15 is 0 Å². The van der Waals surface area contributed by atoms with Crippen molar-refractivity contribution in [2.75, 3.05) is 20.5 Å². The number of carboxylic acids is 1. The highest BCUT2D eigenvalue weighted by molar-refractivity contribution is 7.98. The maximum Gasteiger partial charge on any atom is 0.325 e. The molecular formula is C11H15NO4S. The molecule has 3 N–H and O–H groups in total. The highest BCUT2D eigenvalue weighted by Crippen LogP contribution is 2.38. The summed E-state index contributed by atoms with van der Waals surface area (Å²) in [6.45, 7) is 0. The van der Waals surface area contributed by atoms with Crippen LogP contribution in [0.2, 0.25) is 0 Å². The molecule has 0 heterocycles. The molecular weight excluding hydrogens is 242 g/mol. The number of thioether (sulfide) groups is 1. The van der Waals surface area contributed by atoms with Crippen molar-refractivity contribution in [1.82, 2.24) is 0 Å². The zero-order valence-corrected chi connectivity index (χ0v) is 10.7. The number of rotatable bonds is 5. The maximum absolute atomic E-state index is 10.8. The summed E-state index contributed by atoms with van der Waals surface area (Å²) in [6.07, 6.45) is 1.87. The summed E-state index contributed by atoms with van der Waals surface area (Å²) in [5.74, 6) is -0.0170. The molecule has 0 fully saturated rings. The van der Waals surface area contributed by atoms with Crippen molar-refractivity contribution >= 4 is 17.7 Å². The van der Waals surface area contributed by atoms with Crippen LogP contribution in [-0.2, 0) is 4.79 Å².